The fourth-order valence-electron chi connectivity index (χ4n) is 1.72. The van der Waals surface area contributed by atoms with Gasteiger partial charge in [0.25, 0.3) is 0 Å². The molecule has 0 unspecified atom stereocenters. The SMILES string of the molecule is CCCNc1nccnc1-c1ccc(OC)cc1F. The molecular formula is C14H16FN3O. The first-order valence-electron chi connectivity index (χ1n) is 6.15. The van der Waals surface area contributed by atoms with Gasteiger partial charge in [-0.1, -0.05) is 6.92 Å². The molecule has 19 heavy (non-hydrogen) atoms. The van der Waals surface area contributed by atoms with Gasteiger partial charge in [0.2, 0.25) is 0 Å². The van der Waals surface area contributed by atoms with Gasteiger partial charge >= 0.3 is 0 Å². The lowest BCUT2D eigenvalue weighted by atomic mass is 10.1. The van der Waals surface area contributed by atoms with Crippen LogP contribution in [0.15, 0.2) is 30.6 Å². The average Bonchev–Trinajstić information content (AvgIpc) is 2.45. The number of nitrogens with zero attached hydrogens (tertiary/aromatic N) is 2. The van der Waals surface area contributed by atoms with Gasteiger partial charge in [-0.25, -0.2) is 9.37 Å². The molecule has 0 amide bonds. The van der Waals surface area contributed by atoms with E-state index < -0.39 is 0 Å². The van der Waals surface area contributed by atoms with E-state index in [9.17, 15) is 4.39 Å². The van der Waals surface area contributed by atoms with Gasteiger partial charge < -0.3 is 10.1 Å². The predicted molar refractivity (Wildman–Crippen MR) is 72.8 cm³/mol. The Kier molecular flexibility index (Phi) is 4.28. The van der Waals surface area contributed by atoms with Crippen molar-refractivity contribution in [2.45, 2.75) is 13.3 Å². The van der Waals surface area contributed by atoms with Crippen LogP contribution in [0.2, 0.25) is 0 Å². The Morgan fingerprint density at radius 1 is 1.26 bits per heavy atom. The van der Waals surface area contributed by atoms with Gasteiger partial charge in [-0.15, -0.1) is 0 Å². The highest BCUT2D eigenvalue weighted by atomic mass is 19.1. The van der Waals surface area contributed by atoms with E-state index in [1.165, 1.54) is 13.2 Å². The quantitative estimate of drug-likeness (QED) is 0.898. The normalized spacial score (nSPS) is 10.3. The van der Waals surface area contributed by atoms with Crippen LogP contribution in [0.25, 0.3) is 11.3 Å². The third-order valence-electron chi connectivity index (χ3n) is 2.67. The van der Waals surface area contributed by atoms with Crippen molar-refractivity contribution in [2.24, 2.45) is 0 Å². The molecule has 0 aliphatic heterocycles. The number of benzene rings is 1. The van der Waals surface area contributed by atoms with Crippen molar-refractivity contribution in [3.8, 4) is 17.0 Å². The third kappa shape index (κ3) is 2.99. The molecule has 5 heteroatoms. The van der Waals surface area contributed by atoms with Crippen molar-refractivity contribution < 1.29 is 9.13 Å². The highest BCUT2D eigenvalue weighted by Gasteiger charge is 2.12. The van der Waals surface area contributed by atoms with Gasteiger partial charge in [-0.05, 0) is 18.6 Å². The van der Waals surface area contributed by atoms with E-state index in [2.05, 4.69) is 22.2 Å². The van der Waals surface area contributed by atoms with Crippen molar-refractivity contribution in [3.05, 3.63) is 36.4 Å². The Bertz CT molecular complexity index is 560. The zero-order valence-electron chi connectivity index (χ0n) is 11.0. The van der Waals surface area contributed by atoms with Crippen molar-refractivity contribution in [1.29, 1.82) is 0 Å². The second kappa shape index (κ2) is 6.13. The number of hydrogen-bond acceptors (Lipinski definition) is 4. The van der Waals surface area contributed by atoms with Crippen molar-refractivity contribution in [3.63, 3.8) is 0 Å². The van der Waals surface area contributed by atoms with E-state index >= 15 is 0 Å². The van der Waals surface area contributed by atoms with E-state index in [-0.39, 0.29) is 5.82 Å². The van der Waals surface area contributed by atoms with Gasteiger partial charge in [0.05, 0.1) is 7.11 Å². The van der Waals surface area contributed by atoms with Gasteiger partial charge in [0.1, 0.15) is 17.3 Å². The lowest BCUT2D eigenvalue weighted by Crippen LogP contribution is -2.05. The molecule has 0 atom stereocenters. The van der Waals surface area contributed by atoms with Gasteiger partial charge in [0, 0.05) is 30.6 Å². The molecule has 0 saturated heterocycles. The Morgan fingerprint density at radius 2 is 2.05 bits per heavy atom. The summed E-state index contributed by atoms with van der Waals surface area (Å²) >= 11 is 0. The summed E-state index contributed by atoms with van der Waals surface area (Å²) < 4.78 is 19.0. The van der Waals surface area contributed by atoms with Crippen LogP contribution in [0.5, 0.6) is 5.75 Å². The molecule has 0 spiro atoms. The fourth-order valence-corrected chi connectivity index (χ4v) is 1.72. The zero-order valence-corrected chi connectivity index (χ0v) is 11.0. The number of aromatic nitrogens is 2. The predicted octanol–water partition coefficient (Wildman–Crippen LogP) is 3.11. The van der Waals surface area contributed by atoms with Crippen LogP contribution in [-0.2, 0) is 0 Å². The first kappa shape index (κ1) is 13.3. The summed E-state index contributed by atoms with van der Waals surface area (Å²) in [4.78, 5) is 8.42. The minimum atomic E-state index is -0.376. The van der Waals surface area contributed by atoms with E-state index in [4.69, 9.17) is 4.74 Å². The summed E-state index contributed by atoms with van der Waals surface area (Å²) in [5, 5.41) is 3.15. The number of ether oxygens (including phenoxy) is 1. The number of rotatable bonds is 5. The summed E-state index contributed by atoms with van der Waals surface area (Å²) in [5.41, 5.74) is 0.920. The molecule has 1 N–H and O–H groups in total. The third-order valence-corrected chi connectivity index (χ3v) is 2.67. The highest BCUT2D eigenvalue weighted by Crippen LogP contribution is 2.28. The first-order valence-corrected chi connectivity index (χ1v) is 6.15. The van der Waals surface area contributed by atoms with Gasteiger partial charge in [-0.3, -0.25) is 4.98 Å². The minimum absolute atomic E-state index is 0.376. The van der Waals surface area contributed by atoms with E-state index in [0.29, 0.717) is 22.8 Å². The Morgan fingerprint density at radius 3 is 2.74 bits per heavy atom. The molecule has 2 aromatic rings. The van der Waals surface area contributed by atoms with E-state index in [1.807, 2.05) is 0 Å². The van der Waals surface area contributed by atoms with E-state index in [0.717, 1.165) is 13.0 Å². The summed E-state index contributed by atoms with van der Waals surface area (Å²) in [6.07, 6.45) is 4.10. The maximum Gasteiger partial charge on any atom is 0.152 e. The molecule has 1 aromatic carbocycles. The van der Waals surface area contributed by atoms with Crippen LogP contribution in [0.4, 0.5) is 10.2 Å². The molecule has 0 fully saturated rings. The van der Waals surface area contributed by atoms with Crippen molar-refractivity contribution >= 4 is 5.82 Å². The number of halogens is 1. The van der Waals surface area contributed by atoms with Crippen LogP contribution in [-0.4, -0.2) is 23.6 Å². The summed E-state index contributed by atoms with van der Waals surface area (Å²) in [6, 6.07) is 4.69. The van der Waals surface area contributed by atoms with Crippen LogP contribution in [0, 0.1) is 5.82 Å². The molecule has 2 rings (SSSR count). The summed E-state index contributed by atoms with van der Waals surface area (Å²) in [5.74, 6) is 0.695. The molecule has 0 saturated carbocycles. The minimum Gasteiger partial charge on any atom is -0.497 e. The first-order chi connectivity index (χ1) is 9.26. The average molecular weight is 261 g/mol. The summed E-state index contributed by atoms with van der Waals surface area (Å²) in [6.45, 7) is 2.82. The van der Waals surface area contributed by atoms with Gasteiger partial charge in [0.15, 0.2) is 5.82 Å². The molecule has 0 aliphatic rings. The van der Waals surface area contributed by atoms with Crippen molar-refractivity contribution in [2.75, 3.05) is 19.0 Å². The lowest BCUT2D eigenvalue weighted by Gasteiger charge is -2.10. The molecule has 0 bridgehead atoms. The second-order valence-corrected chi connectivity index (χ2v) is 4.03. The van der Waals surface area contributed by atoms with Gasteiger partial charge in [-0.2, -0.15) is 0 Å². The van der Waals surface area contributed by atoms with E-state index in [1.54, 1.807) is 24.5 Å². The smallest absolute Gasteiger partial charge is 0.152 e. The lowest BCUT2D eigenvalue weighted by molar-refractivity contribution is 0.411. The molecule has 0 radical (unpaired) electrons. The number of anilines is 1. The second-order valence-electron chi connectivity index (χ2n) is 4.03. The maximum absolute atomic E-state index is 14.0. The monoisotopic (exact) mass is 261 g/mol. The molecule has 1 heterocycles. The van der Waals surface area contributed by atoms with Crippen LogP contribution in [0.3, 0.4) is 0 Å². The fraction of sp³-hybridized carbons (Fsp3) is 0.286. The molecular weight excluding hydrogens is 245 g/mol. The Balaban J connectivity index is 2.40. The van der Waals surface area contributed by atoms with Crippen LogP contribution >= 0.6 is 0 Å². The Hall–Kier alpha value is -2.17. The standard InChI is InChI=1S/C14H16FN3O/c1-3-6-17-14-13(16-7-8-18-14)11-5-4-10(19-2)9-12(11)15/h4-5,7-9H,3,6H2,1-2H3,(H,17,18). The van der Waals surface area contributed by atoms with Crippen LogP contribution in [0.1, 0.15) is 13.3 Å². The summed E-state index contributed by atoms with van der Waals surface area (Å²) in [7, 11) is 1.50. The largest absolute Gasteiger partial charge is 0.497 e. The molecule has 1 aromatic heterocycles. The maximum atomic E-state index is 14.0. The number of methoxy groups -OCH3 is 1. The number of nitrogens with one attached hydrogen (secondary N) is 1. The topological polar surface area (TPSA) is 47.0 Å². The zero-order chi connectivity index (χ0) is 13.7. The Labute approximate surface area is 111 Å². The van der Waals surface area contributed by atoms with Crippen LogP contribution < -0.4 is 10.1 Å². The molecule has 0 aliphatic carbocycles. The highest BCUT2D eigenvalue weighted by molar-refractivity contribution is 5.72. The number of hydrogen-bond donors (Lipinski definition) is 1. The van der Waals surface area contributed by atoms with Crippen molar-refractivity contribution in [1.82, 2.24) is 9.97 Å². The molecule has 100 valence electrons. The molecule has 4 nitrogen and oxygen atoms in total.